The van der Waals surface area contributed by atoms with Gasteiger partial charge in [0.25, 0.3) is 0 Å². The normalized spacial score (nSPS) is 11.6. The number of rotatable bonds is 5. The summed E-state index contributed by atoms with van der Waals surface area (Å²) in [5, 5.41) is 0. The zero-order chi connectivity index (χ0) is 15.3. The molecule has 1 aromatic carbocycles. The first-order valence-corrected chi connectivity index (χ1v) is 5.82. The highest BCUT2D eigenvalue weighted by atomic mass is 19.4. The highest BCUT2D eigenvalue weighted by molar-refractivity contribution is 5.91. The van der Waals surface area contributed by atoms with Crippen LogP contribution in [0, 0.1) is 0 Å². The smallest absolute Gasteiger partial charge is 0.417 e. The van der Waals surface area contributed by atoms with Gasteiger partial charge in [-0.3, -0.25) is 0 Å². The van der Waals surface area contributed by atoms with Crippen molar-refractivity contribution in [1.82, 2.24) is 4.90 Å². The second-order valence-electron chi connectivity index (χ2n) is 4.35. The SMILES string of the molecule is COC(=O)c1ccc(OCCN(C)C)cc1C(F)(F)F. The fraction of sp³-hybridized carbons (Fsp3) is 0.462. The van der Waals surface area contributed by atoms with Gasteiger partial charge in [-0.05, 0) is 32.3 Å². The average molecular weight is 291 g/mol. The molecule has 4 nitrogen and oxygen atoms in total. The van der Waals surface area contributed by atoms with Crippen LogP contribution >= 0.6 is 0 Å². The summed E-state index contributed by atoms with van der Waals surface area (Å²) in [5.74, 6) is -0.969. The molecule has 112 valence electrons. The van der Waals surface area contributed by atoms with Crippen LogP contribution in [0.5, 0.6) is 5.75 Å². The zero-order valence-electron chi connectivity index (χ0n) is 11.5. The lowest BCUT2D eigenvalue weighted by molar-refractivity contribution is -0.138. The lowest BCUT2D eigenvalue weighted by Gasteiger charge is -2.15. The number of methoxy groups -OCH3 is 1. The van der Waals surface area contributed by atoms with Crippen LogP contribution in [0.2, 0.25) is 0 Å². The third-order valence-electron chi connectivity index (χ3n) is 2.51. The summed E-state index contributed by atoms with van der Waals surface area (Å²) in [6, 6.07) is 3.18. The van der Waals surface area contributed by atoms with E-state index in [1.807, 2.05) is 19.0 Å². The summed E-state index contributed by atoms with van der Waals surface area (Å²) in [7, 11) is 4.68. The topological polar surface area (TPSA) is 38.8 Å². The lowest BCUT2D eigenvalue weighted by atomic mass is 10.1. The summed E-state index contributed by atoms with van der Waals surface area (Å²) in [5.41, 5.74) is -1.59. The minimum absolute atomic E-state index is 0.0619. The fourth-order valence-electron chi connectivity index (χ4n) is 1.48. The van der Waals surface area contributed by atoms with Gasteiger partial charge in [0.05, 0.1) is 18.2 Å². The highest BCUT2D eigenvalue weighted by Gasteiger charge is 2.36. The van der Waals surface area contributed by atoms with Crippen molar-refractivity contribution in [1.29, 1.82) is 0 Å². The van der Waals surface area contributed by atoms with Gasteiger partial charge in [-0.1, -0.05) is 0 Å². The second kappa shape index (κ2) is 6.60. The first kappa shape index (κ1) is 16.3. The molecule has 0 aromatic heterocycles. The molecule has 0 amide bonds. The van der Waals surface area contributed by atoms with Crippen molar-refractivity contribution in [3.63, 3.8) is 0 Å². The quantitative estimate of drug-likeness (QED) is 0.781. The van der Waals surface area contributed by atoms with Gasteiger partial charge in [0.1, 0.15) is 12.4 Å². The number of esters is 1. The lowest BCUT2D eigenvalue weighted by Crippen LogP contribution is -2.20. The van der Waals surface area contributed by atoms with E-state index < -0.39 is 23.3 Å². The Balaban J connectivity index is 2.99. The van der Waals surface area contributed by atoms with Crippen LogP contribution in [-0.4, -0.2) is 45.2 Å². The van der Waals surface area contributed by atoms with Crippen molar-refractivity contribution >= 4 is 5.97 Å². The summed E-state index contributed by atoms with van der Waals surface area (Å²) < 4.78 is 48.3. The Bertz CT molecular complexity index is 472. The van der Waals surface area contributed by atoms with E-state index in [1.165, 1.54) is 6.07 Å². The summed E-state index contributed by atoms with van der Waals surface area (Å²) in [6.07, 6.45) is -4.65. The van der Waals surface area contributed by atoms with E-state index in [4.69, 9.17) is 4.74 Å². The molecule has 0 heterocycles. The highest BCUT2D eigenvalue weighted by Crippen LogP contribution is 2.34. The van der Waals surface area contributed by atoms with Crippen LogP contribution in [0.3, 0.4) is 0 Å². The maximum atomic E-state index is 12.9. The van der Waals surface area contributed by atoms with Crippen LogP contribution in [-0.2, 0) is 10.9 Å². The molecule has 1 aromatic rings. The number of nitrogens with zero attached hydrogens (tertiary/aromatic N) is 1. The Morgan fingerprint density at radius 1 is 1.30 bits per heavy atom. The van der Waals surface area contributed by atoms with Crippen molar-refractivity contribution in [2.45, 2.75) is 6.18 Å². The first-order chi connectivity index (χ1) is 9.25. The minimum atomic E-state index is -4.65. The van der Waals surface area contributed by atoms with Crippen LogP contribution in [0.25, 0.3) is 0 Å². The number of ether oxygens (including phenoxy) is 2. The number of benzene rings is 1. The Morgan fingerprint density at radius 2 is 1.95 bits per heavy atom. The molecule has 0 fully saturated rings. The molecule has 0 N–H and O–H groups in total. The minimum Gasteiger partial charge on any atom is -0.492 e. The Morgan fingerprint density at radius 3 is 2.45 bits per heavy atom. The van der Waals surface area contributed by atoms with Crippen molar-refractivity contribution in [2.24, 2.45) is 0 Å². The van der Waals surface area contributed by atoms with Gasteiger partial charge < -0.3 is 14.4 Å². The van der Waals surface area contributed by atoms with Crippen molar-refractivity contribution in [2.75, 3.05) is 34.4 Å². The number of carbonyl (C=O) groups excluding carboxylic acids is 1. The van der Waals surface area contributed by atoms with Crippen LogP contribution in [0.4, 0.5) is 13.2 Å². The van der Waals surface area contributed by atoms with E-state index in [1.54, 1.807) is 0 Å². The molecule has 0 radical (unpaired) electrons. The number of alkyl halides is 3. The Kier molecular flexibility index (Phi) is 5.38. The summed E-state index contributed by atoms with van der Waals surface area (Å²) >= 11 is 0. The average Bonchev–Trinajstić information content (AvgIpc) is 2.36. The maximum Gasteiger partial charge on any atom is 0.417 e. The number of carbonyl (C=O) groups is 1. The van der Waals surface area contributed by atoms with Gasteiger partial charge in [-0.15, -0.1) is 0 Å². The molecular formula is C13H16F3NO3. The van der Waals surface area contributed by atoms with Gasteiger partial charge in [0, 0.05) is 6.54 Å². The van der Waals surface area contributed by atoms with Crippen molar-refractivity contribution in [3.05, 3.63) is 29.3 Å². The van der Waals surface area contributed by atoms with Crippen molar-refractivity contribution < 1.29 is 27.4 Å². The number of halogens is 3. The predicted molar refractivity (Wildman–Crippen MR) is 66.8 cm³/mol. The number of likely N-dealkylation sites (N-methyl/N-ethyl adjacent to an activating group) is 1. The largest absolute Gasteiger partial charge is 0.492 e. The van der Waals surface area contributed by atoms with E-state index in [0.29, 0.717) is 6.54 Å². The molecule has 0 aliphatic rings. The van der Waals surface area contributed by atoms with Gasteiger partial charge in [0.2, 0.25) is 0 Å². The Hall–Kier alpha value is -1.76. The predicted octanol–water partition coefficient (Wildman–Crippen LogP) is 2.43. The Labute approximate surface area is 115 Å². The third kappa shape index (κ3) is 4.41. The molecule has 7 heteroatoms. The molecule has 20 heavy (non-hydrogen) atoms. The van der Waals surface area contributed by atoms with E-state index in [9.17, 15) is 18.0 Å². The van der Waals surface area contributed by atoms with E-state index in [2.05, 4.69) is 4.74 Å². The standard InChI is InChI=1S/C13H16F3NO3/c1-17(2)6-7-20-9-4-5-10(12(18)19-3)11(8-9)13(14,15)16/h4-5,8H,6-7H2,1-3H3. The van der Waals surface area contributed by atoms with Gasteiger partial charge >= 0.3 is 12.1 Å². The van der Waals surface area contributed by atoms with Crippen molar-refractivity contribution in [3.8, 4) is 5.75 Å². The molecule has 0 aliphatic heterocycles. The molecule has 0 atom stereocenters. The molecule has 0 saturated heterocycles. The fourth-order valence-corrected chi connectivity index (χ4v) is 1.48. The zero-order valence-corrected chi connectivity index (χ0v) is 11.5. The van der Waals surface area contributed by atoms with E-state index in [0.717, 1.165) is 19.2 Å². The van der Waals surface area contributed by atoms with Crippen LogP contribution in [0.15, 0.2) is 18.2 Å². The summed E-state index contributed by atoms with van der Waals surface area (Å²) in [6.45, 7) is 0.821. The molecule has 1 rings (SSSR count). The van der Waals surface area contributed by atoms with Gasteiger partial charge in [-0.25, -0.2) is 4.79 Å². The molecule has 0 aliphatic carbocycles. The summed E-state index contributed by atoms with van der Waals surface area (Å²) in [4.78, 5) is 13.2. The van der Waals surface area contributed by atoms with E-state index >= 15 is 0 Å². The molecular weight excluding hydrogens is 275 g/mol. The van der Waals surface area contributed by atoms with E-state index in [-0.39, 0.29) is 12.4 Å². The molecule has 0 bridgehead atoms. The second-order valence-corrected chi connectivity index (χ2v) is 4.35. The van der Waals surface area contributed by atoms with Crippen LogP contribution in [0.1, 0.15) is 15.9 Å². The monoisotopic (exact) mass is 291 g/mol. The molecule has 0 unspecified atom stereocenters. The maximum absolute atomic E-state index is 12.9. The number of hydrogen-bond acceptors (Lipinski definition) is 4. The van der Waals surface area contributed by atoms with Gasteiger partial charge in [-0.2, -0.15) is 13.2 Å². The van der Waals surface area contributed by atoms with Gasteiger partial charge in [0.15, 0.2) is 0 Å². The number of hydrogen-bond donors (Lipinski definition) is 0. The van der Waals surface area contributed by atoms with Crippen LogP contribution < -0.4 is 4.74 Å². The molecule has 0 saturated carbocycles. The first-order valence-electron chi connectivity index (χ1n) is 5.82. The third-order valence-corrected chi connectivity index (χ3v) is 2.51. The molecule has 0 spiro atoms.